The molecule has 3 amide bonds. The number of hydrogen-bond acceptors (Lipinski definition) is 7. The predicted octanol–water partition coefficient (Wildman–Crippen LogP) is -2.49. The fourth-order valence-electron chi connectivity index (χ4n) is 2.78. The van der Waals surface area contributed by atoms with Crippen LogP contribution in [0.15, 0.2) is 29.3 Å². The van der Waals surface area contributed by atoms with Crippen molar-refractivity contribution >= 4 is 29.7 Å². The second-order valence-corrected chi connectivity index (χ2v) is 7.27. The molecule has 1 aromatic carbocycles. The summed E-state index contributed by atoms with van der Waals surface area (Å²) in [5.41, 5.74) is 16.4. The molecule has 0 spiro atoms. The topological polar surface area (TPSA) is 235 Å². The van der Waals surface area contributed by atoms with Crippen molar-refractivity contribution in [2.75, 3.05) is 13.1 Å². The maximum Gasteiger partial charge on any atom is 0.326 e. The summed E-state index contributed by atoms with van der Waals surface area (Å²) in [5.74, 6) is -3.30. The Kier molecular flexibility index (Phi) is 11.1. The Hall–Kier alpha value is -3.87. The van der Waals surface area contributed by atoms with Crippen molar-refractivity contribution in [2.24, 2.45) is 22.2 Å². The first-order valence-corrected chi connectivity index (χ1v) is 10.2. The third kappa shape index (κ3) is 10.3. The van der Waals surface area contributed by atoms with Gasteiger partial charge in [0.2, 0.25) is 17.7 Å². The molecule has 182 valence electrons. The molecule has 0 aliphatic rings. The average Bonchev–Trinajstić information content (AvgIpc) is 2.76. The monoisotopic (exact) mass is 465 g/mol. The molecule has 1 aromatic rings. The minimum atomic E-state index is -1.28. The molecule has 0 aromatic heterocycles. The lowest BCUT2D eigenvalue weighted by Gasteiger charge is -2.23. The van der Waals surface area contributed by atoms with Crippen LogP contribution in [0.1, 0.15) is 25.3 Å². The van der Waals surface area contributed by atoms with E-state index in [1.807, 2.05) is 0 Å². The van der Waals surface area contributed by atoms with Crippen LogP contribution in [0.25, 0.3) is 0 Å². The Morgan fingerprint density at radius 1 is 1.00 bits per heavy atom. The Bertz CT molecular complexity index is 855. The van der Waals surface area contributed by atoms with E-state index >= 15 is 0 Å². The molecular weight excluding hydrogens is 434 g/mol. The van der Waals surface area contributed by atoms with Crippen LogP contribution in [-0.2, 0) is 25.6 Å². The fourth-order valence-corrected chi connectivity index (χ4v) is 2.78. The molecule has 3 unspecified atom stereocenters. The van der Waals surface area contributed by atoms with Gasteiger partial charge in [0, 0.05) is 13.0 Å². The summed E-state index contributed by atoms with van der Waals surface area (Å²) in [6.45, 7) is 1.30. The molecule has 0 heterocycles. The number of aliphatic carboxylic acids is 1. The van der Waals surface area contributed by atoms with Crippen molar-refractivity contribution in [2.45, 2.75) is 44.3 Å². The molecule has 0 radical (unpaired) electrons. The van der Waals surface area contributed by atoms with Crippen molar-refractivity contribution in [1.29, 1.82) is 0 Å². The number of phenols is 1. The van der Waals surface area contributed by atoms with Gasteiger partial charge in [0.15, 0.2) is 5.96 Å². The number of amides is 3. The largest absolute Gasteiger partial charge is 0.508 e. The number of nitrogens with one attached hydrogen (secondary N) is 3. The maximum atomic E-state index is 12.8. The van der Waals surface area contributed by atoms with E-state index in [0.717, 1.165) is 0 Å². The summed E-state index contributed by atoms with van der Waals surface area (Å²) in [6.07, 6.45) is 0.381. The molecule has 0 bridgehead atoms. The van der Waals surface area contributed by atoms with Crippen LogP contribution in [0.2, 0.25) is 0 Å². The zero-order chi connectivity index (χ0) is 25.0. The van der Waals surface area contributed by atoms with Crippen LogP contribution >= 0.6 is 0 Å². The van der Waals surface area contributed by atoms with Crippen LogP contribution in [0, 0.1) is 0 Å². The first kappa shape index (κ1) is 27.2. The van der Waals surface area contributed by atoms with E-state index in [2.05, 4.69) is 20.9 Å². The summed E-state index contributed by atoms with van der Waals surface area (Å²) in [4.78, 5) is 52.2. The molecule has 1 rings (SSSR count). The molecule has 3 atom stereocenters. The lowest BCUT2D eigenvalue weighted by Crippen LogP contribution is -2.55. The van der Waals surface area contributed by atoms with E-state index in [1.54, 1.807) is 0 Å². The average molecular weight is 466 g/mol. The molecule has 0 aliphatic heterocycles. The Balaban J connectivity index is 2.90. The molecule has 11 N–H and O–H groups in total. The quantitative estimate of drug-likeness (QED) is 0.0872. The number of phenolic OH excluding ortho intramolecular Hbond substituents is 1. The number of hydrogen-bond donors (Lipinski definition) is 8. The van der Waals surface area contributed by atoms with E-state index in [-0.39, 0.29) is 37.6 Å². The third-order valence-corrected chi connectivity index (χ3v) is 4.53. The molecule has 0 aliphatic carbocycles. The number of rotatable bonds is 13. The van der Waals surface area contributed by atoms with Gasteiger partial charge in [0.1, 0.15) is 23.9 Å². The number of aliphatic imine (C=N–C) groups is 1. The number of nitrogens with zero attached hydrogens (tertiary/aromatic N) is 1. The van der Waals surface area contributed by atoms with E-state index in [4.69, 9.17) is 17.2 Å². The van der Waals surface area contributed by atoms with Gasteiger partial charge in [0.05, 0.1) is 6.54 Å². The lowest BCUT2D eigenvalue weighted by molar-refractivity contribution is -0.142. The Labute approximate surface area is 190 Å². The number of carbonyl (C=O) groups is 4. The van der Waals surface area contributed by atoms with Crippen molar-refractivity contribution in [1.82, 2.24) is 16.0 Å². The van der Waals surface area contributed by atoms with Crippen LogP contribution in [-0.4, -0.2) is 71.1 Å². The lowest BCUT2D eigenvalue weighted by atomic mass is 10.0. The fraction of sp³-hybridized carbons (Fsp3) is 0.450. The van der Waals surface area contributed by atoms with Crippen molar-refractivity contribution in [3.05, 3.63) is 29.8 Å². The highest BCUT2D eigenvalue weighted by atomic mass is 16.4. The number of nitrogens with two attached hydrogens (primary N) is 3. The van der Waals surface area contributed by atoms with Gasteiger partial charge >= 0.3 is 5.97 Å². The summed E-state index contributed by atoms with van der Waals surface area (Å²) in [7, 11) is 0. The highest BCUT2D eigenvalue weighted by Crippen LogP contribution is 2.12. The number of guanidine groups is 1. The highest BCUT2D eigenvalue weighted by Gasteiger charge is 2.28. The van der Waals surface area contributed by atoms with E-state index in [1.165, 1.54) is 31.2 Å². The van der Waals surface area contributed by atoms with Gasteiger partial charge in [-0.2, -0.15) is 0 Å². The standard InChI is InChI=1S/C20H31N7O6/c1-11(25-16(29)10-21)17(30)26-14(3-2-8-24-20(22)23)18(31)27-15(19(32)33)9-12-4-6-13(28)7-5-12/h4-7,11,14-15,28H,2-3,8-10,21H2,1H3,(H,25,29)(H,26,30)(H,27,31)(H,32,33)(H4,22,23,24). The third-order valence-electron chi connectivity index (χ3n) is 4.53. The molecular formula is C20H31N7O6. The predicted molar refractivity (Wildman–Crippen MR) is 120 cm³/mol. The number of aromatic hydroxyl groups is 1. The first-order chi connectivity index (χ1) is 15.5. The maximum absolute atomic E-state index is 12.8. The van der Waals surface area contributed by atoms with Gasteiger partial charge < -0.3 is 43.4 Å². The van der Waals surface area contributed by atoms with Crippen LogP contribution in [0.5, 0.6) is 5.75 Å². The van der Waals surface area contributed by atoms with E-state index < -0.39 is 41.8 Å². The molecule has 13 nitrogen and oxygen atoms in total. The highest BCUT2D eigenvalue weighted by molar-refractivity contribution is 5.93. The van der Waals surface area contributed by atoms with Gasteiger partial charge in [-0.15, -0.1) is 0 Å². The first-order valence-electron chi connectivity index (χ1n) is 10.2. The van der Waals surface area contributed by atoms with Crippen molar-refractivity contribution in [3.63, 3.8) is 0 Å². The van der Waals surface area contributed by atoms with Gasteiger partial charge in [-0.1, -0.05) is 12.1 Å². The van der Waals surface area contributed by atoms with Gasteiger partial charge in [0.25, 0.3) is 0 Å². The number of carboxylic acids is 1. The normalized spacial score (nSPS) is 13.2. The Morgan fingerprint density at radius 3 is 2.15 bits per heavy atom. The summed E-state index contributed by atoms with van der Waals surface area (Å²) in [6, 6.07) is 2.52. The molecule has 13 heteroatoms. The second-order valence-electron chi connectivity index (χ2n) is 7.27. The minimum Gasteiger partial charge on any atom is -0.508 e. The second kappa shape index (κ2) is 13.5. The molecule has 0 fully saturated rings. The van der Waals surface area contributed by atoms with Crippen LogP contribution in [0.4, 0.5) is 0 Å². The van der Waals surface area contributed by atoms with Gasteiger partial charge in [-0.05, 0) is 37.5 Å². The smallest absolute Gasteiger partial charge is 0.326 e. The molecule has 33 heavy (non-hydrogen) atoms. The zero-order valence-electron chi connectivity index (χ0n) is 18.3. The minimum absolute atomic E-state index is 0.0223. The van der Waals surface area contributed by atoms with E-state index in [9.17, 15) is 29.4 Å². The van der Waals surface area contributed by atoms with Crippen LogP contribution in [0.3, 0.4) is 0 Å². The van der Waals surface area contributed by atoms with Gasteiger partial charge in [-0.3, -0.25) is 19.4 Å². The Morgan fingerprint density at radius 2 is 1.61 bits per heavy atom. The van der Waals surface area contributed by atoms with Crippen molar-refractivity contribution < 1.29 is 29.4 Å². The van der Waals surface area contributed by atoms with Crippen molar-refractivity contribution in [3.8, 4) is 5.75 Å². The summed E-state index contributed by atoms with van der Waals surface area (Å²) >= 11 is 0. The number of carbonyl (C=O) groups excluding carboxylic acids is 3. The van der Waals surface area contributed by atoms with Gasteiger partial charge in [-0.25, -0.2) is 4.79 Å². The zero-order valence-corrected chi connectivity index (χ0v) is 18.3. The number of benzene rings is 1. The van der Waals surface area contributed by atoms with E-state index in [0.29, 0.717) is 12.0 Å². The molecule has 0 saturated heterocycles. The SMILES string of the molecule is CC(NC(=O)CN)C(=O)NC(CCCN=C(N)N)C(=O)NC(Cc1ccc(O)cc1)C(=O)O. The molecule has 0 saturated carbocycles. The number of carboxylic acid groups (broad SMARTS) is 1. The summed E-state index contributed by atoms with van der Waals surface area (Å²) < 4.78 is 0. The van der Waals surface area contributed by atoms with Crippen LogP contribution < -0.4 is 33.2 Å². The summed E-state index contributed by atoms with van der Waals surface area (Å²) in [5, 5.41) is 26.2.